The number of carbonyl (C=O) groups is 1. The Hall–Kier alpha value is -1.69. The van der Waals surface area contributed by atoms with Gasteiger partial charge in [-0.05, 0) is 43.7 Å². The maximum Gasteiger partial charge on any atom is 0.315 e. The van der Waals surface area contributed by atoms with Crippen LogP contribution in [0.25, 0.3) is 0 Å². The third-order valence-corrected chi connectivity index (χ3v) is 5.40. The molecule has 24 heavy (non-hydrogen) atoms. The molecule has 0 aromatic heterocycles. The Morgan fingerprint density at radius 2 is 1.83 bits per heavy atom. The molecular formula is C18H23F2N3O. The molecular weight excluding hydrogens is 312 g/mol. The van der Waals surface area contributed by atoms with E-state index in [0.717, 1.165) is 38.0 Å². The third kappa shape index (κ3) is 3.53. The molecule has 3 fully saturated rings. The van der Waals surface area contributed by atoms with Crippen LogP contribution in [0.4, 0.5) is 13.6 Å². The largest absolute Gasteiger partial charge is 0.335 e. The van der Waals surface area contributed by atoms with Crippen LogP contribution in [0.3, 0.4) is 0 Å². The molecule has 0 bridgehead atoms. The van der Waals surface area contributed by atoms with Crippen molar-refractivity contribution in [3.8, 4) is 0 Å². The van der Waals surface area contributed by atoms with Crippen LogP contribution in [-0.2, 0) is 0 Å². The Morgan fingerprint density at radius 1 is 1.08 bits per heavy atom. The first-order chi connectivity index (χ1) is 11.6. The van der Waals surface area contributed by atoms with E-state index in [4.69, 9.17) is 0 Å². The first-order valence-electron chi connectivity index (χ1n) is 8.86. The quantitative estimate of drug-likeness (QED) is 0.889. The summed E-state index contributed by atoms with van der Waals surface area (Å²) in [6.45, 7) is 2.12. The fourth-order valence-corrected chi connectivity index (χ4v) is 3.74. The summed E-state index contributed by atoms with van der Waals surface area (Å²) >= 11 is 0. The summed E-state index contributed by atoms with van der Waals surface area (Å²) in [5, 5.41) is 5.95. The van der Waals surface area contributed by atoms with Crippen LogP contribution >= 0.6 is 0 Å². The van der Waals surface area contributed by atoms with Crippen LogP contribution < -0.4 is 10.6 Å². The van der Waals surface area contributed by atoms with Gasteiger partial charge in [-0.15, -0.1) is 0 Å². The number of hydrogen-bond acceptors (Lipinski definition) is 2. The number of piperidine rings is 1. The molecule has 1 saturated heterocycles. The number of hydrogen-bond donors (Lipinski definition) is 2. The molecule has 2 amide bonds. The van der Waals surface area contributed by atoms with Gasteiger partial charge in [0.25, 0.3) is 0 Å². The molecule has 130 valence electrons. The zero-order valence-corrected chi connectivity index (χ0v) is 13.6. The highest BCUT2D eigenvalue weighted by molar-refractivity contribution is 5.75. The van der Waals surface area contributed by atoms with Crippen LogP contribution in [0.15, 0.2) is 18.2 Å². The van der Waals surface area contributed by atoms with Gasteiger partial charge < -0.3 is 15.5 Å². The maximum absolute atomic E-state index is 13.8. The van der Waals surface area contributed by atoms with Gasteiger partial charge in [-0.2, -0.15) is 0 Å². The second-order valence-corrected chi connectivity index (χ2v) is 7.27. The Labute approximate surface area is 140 Å². The first-order valence-corrected chi connectivity index (χ1v) is 8.86. The molecule has 0 radical (unpaired) electrons. The van der Waals surface area contributed by atoms with Gasteiger partial charge in [0.05, 0.1) is 0 Å². The van der Waals surface area contributed by atoms with Crippen molar-refractivity contribution >= 4 is 6.03 Å². The Morgan fingerprint density at radius 3 is 2.50 bits per heavy atom. The molecule has 2 N–H and O–H groups in total. The van der Waals surface area contributed by atoms with E-state index in [1.807, 2.05) is 0 Å². The van der Waals surface area contributed by atoms with Crippen LogP contribution in [-0.4, -0.2) is 42.1 Å². The fraction of sp³-hybridized carbons (Fsp3) is 0.611. The lowest BCUT2D eigenvalue weighted by molar-refractivity contribution is 0.186. The number of amides is 2. The summed E-state index contributed by atoms with van der Waals surface area (Å²) < 4.78 is 26.7. The van der Waals surface area contributed by atoms with Crippen molar-refractivity contribution in [2.75, 3.05) is 13.1 Å². The van der Waals surface area contributed by atoms with Crippen molar-refractivity contribution in [1.29, 1.82) is 0 Å². The van der Waals surface area contributed by atoms with E-state index in [2.05, 4.69) is 15.5 Å². The summed E-state index contributed by atoms with van der Waals surface area (Å²) in [4.78, 5) is 14.6. The average Bonchev–Trinajstić information content (AvgIpc) is 3.43. The maximum atomic E-state index is 13.8. The molecule has 4 nitrogen and oxygen atoms in total. The van der Waals surface area contributed by atoms with E-state index in [-0.39, 0.29) is 24.0 Å². The highest BCUT2D eigenvalue weighted by Crippen LogP contribution is 2.42. The summed E-state index contributed by atoms with van der Waals surface area (Å²) in [6, 6.07) is 4.42. The Balaban J connectivity index is 1.23. The summed E-state index contributed by atoms with van der Waals surface area (Å²) in [7, 11) is 0. The molecule has 2 saturated carbocycles. The molecule has 6 heteroatoms. The van der Waals surface area contributed by atoms with Gasteiger partial charge in [-0.25, -0.2) is 13.6 Å². The van der Waals surface area contributed by atoms with Crippen molar-refractivity contribution in [3.63, 3.8) is 0 Å². The lowest BCUT2D eigenvalue weighted by Gasteiger charge is -2.32. The average molecular weight is 335 g/mol. The predicted molar refractivity (Wildman–Crippen MR) is 86.8 cm³/mol. The van der Waals surface area contributed by atoms with Gasteiger partial charge >= 0.3 is 6.03 Å². The predicted octanol–water partition coefficient (Wildman–Crippen LogP) is 2.75. The smallest absolute Gasteiger partial charge is 0.315 e. The Bertz CT molecular complexity index is 627. The molecule has 4 rings (SSSR count). The monoisotopic (exact) mass is 335 g/mol. The SMILES string of the molecule is O=C(NC1CCN(C2CC2)CC1)N[C@H]1C[C@@H]1c1ccc(F)cc1F. The van der Waals surface area contributed by atoms with Crippen molar-refractivity contribution in [2.45, 2.75) is 56.1 Å². The molecule has 1 aromatic carbocycles. The van der Waals surface area contributed by atoms with Gasteiger partial charge in [0.2, 0.25) is 0 Å². The Kier molecular flexibility index (Phi) is 4.16. The highest BCUT2D eigenvalue weighted by atomic mass is 19.1. The minimum Gasteiger partial charge on any atom is -0.335 e. The summed E-state index contributed by atoms with van der Waals surface area (Å²) in [5.74, 6) is -1.15. The number of benzene rings is 1. The zero-order chi connectivity index (χ0) is 16.7. The zero-order valence-electron chi connectivity index (χ0n) is 13.6. The van der Waals surface area contributed by atoms with E-state index >= 15 is 0 Å². The molecule has 2 atom stereocenters. The molecule has 1 aromatic rings. The number of nitrogens with zero attached hydrogens (tertiary/aromatic N) is 1. The van der Waals surface area contributed by atoms with Crippen LogP contribution in [0, 0.1) is 11.6 Å². The minimum absolute atomic E-state index is 0.0481. The van der Waals surface area contributed by atoms with Gasteiger partial charge in [-0.3, -0.25) is 0 Å². The number of rotatable bonds is 4. The van der Waals surface area contributed by atoms with Crippen LogP contribution in [0.1, 0.15) is 43.6 Å². The molecule has 0 unspecified atom stereocenters. The topological polar surface area (TPSA) is 44.4 Å². The van der Waals surface area contributed by atoms with Crippen molar-refractivity contribution in [1.82, 2.24) is 15.5 Å². The molecule has 3 aliphatic rings. The molecule has 2 aliphatic carbocycles. The molecule has 0 spiro atoms. The van der Waals surface area contributed by atoms with Crippen molar-refractivity contribution in [2.24, 2.45) is 0 Å². The van der Waals surface area contributed by atoms with E-state index < -0.39 is 11.6 Å². The lowest BCUT2D eigenvalue weighted by atomic mass is 10.1. The minimum atomic E-state index is -0.573. The van der Waals surface area contributed by atoms with E-state index in [0.29, 0.717) is 12.0 Å². The van der Waals surface area contributed by atoms with Crippen LogP contribution in [0.2, 0.25) is 0 Å². The molecule has 1 heterocycles. The van der Waals surface area contributed by atoms with Gasteiger partial charge in [-0.1, -0.05) is 6.07 Å². The number of carbonyl (C=O) groups excluding carboxylic acids is 1. The van der Waals surface area contributed by atoms with Crippen LogP contribution in [0.5, 0.6) is 0 Å². The number of halogens is 2. The second kappa shape index (κ2) is 6.31. The first kappa shape index (κ1) is 15.8. The number of urea groups is 1. The summed E-state index contributed by atoms with van der Waals surface area (Å²) in [6.07, 6.45) is 5.33. The van der Waals surface area contributed by atoms with Gasteiger partial charge in [0, 0.05) is 43.2 Å². The second-order valence-electron chi connectivity index (χ2n) is 7.27. The van der Waals surface area contributed by atoms with Crippen molar-refractivity contribution in [3.05, 3.63) is 35.4 Å². The van der Waals surface area contributed by atoms with E-state index in [9.17, 15) is 13.6 Å². The van der Waals surface area contributed by atoms with E-state index in [1.54, 1.807) is 0 Å². The molecule has 1 aliphatic heterocycles. The lowest BCUT2D eigenvalue weighted by Crippen LogP contribution is -2.48. The standard InChI is InChI=1S/C18H23F2N3O/c19-11-1-4-14(16(20)9-11)15-10-17(15)22-18(24)21-12-5-7-23(8-6-12)13-2-3-13/h1,4,9,12-13,15,17H,2-3,5-8,10H2,(H2,21,22,24)/t15-,17+/m1/s1. The van der Waals surface area contributed by atoms with E-state index in [1.165, 1.54) is 25.0 Å². The van der Waals surface area contributed by atoms with Crippen molar-refractivity contribution < 1.29 is 13.6 Å². The van der Waals surface area contributed by atoms with Gasteiger partial charge in [0.15, 0.2) is 0 Å². The summed E-state index contributed by atoms with van der Waals surface area (Å²) in [5.41, 5.74) is 0.486. The number of nitrogens with one attached hydrogen (secondary N) is 2. The third-order valence-electron chi connectivity index (χ3n) is 5.40. The fourth-order valence-electron chi connectivity index (χ4n) is 3.74. The normalized spacial score (nSPS) is 27.8. The van der Waals surface area contributed by atoms with Gasteiger partial charge in [0.1, 0.15) is 11.6 Å². The highest BCUT2D eigenvalue weighted by Gasteiger charge is 2.41. The number of likely N-dealkylation sites (tertiary alicyclic amines) is 1.